The van der Waals surface area contributed by atoms with Gasteiger partial charge in [-0.1, -0.05) is 0 Å². The predicted octanol–water partition coefficient (Wildman–Crippen LogP) is 2.28. The van der Waals surface area contributed by atoms with Gasteiger partial charge < -0.3 is 11.1 Å². The van der Waals surface area contributed by atoms with Crippen LogP contribution in [0.3, 0.4) is 0 Å². The summed E-state index contributed by atoms with van der Waals surface area (Å²) >= 11 is 2.06. The van der Waals surface area contributed by atoms with Gasteiger partial charge in [0, 0.05) is 11.8 Å². The van der Waals surface area contributed by atoms with Gasteiger partial charge in [0.1, 0.15) is 5.82 Å². The number of rotatable bonds is 3. The van der Waals surface area contributed by atoms with Crippen LogP contribution in [0.4, 0.5) is 11.5 Å². The zero-order valence-electron chi connectivity index (χ0n) is 8.99. The highest BCUT2D eigenvalue weighted by atomic mass is 32.2. The molecule has 3 nitrogen and oxygen atoms in total. The highest BCUT2D eigenvalue weighted by Gasteiger charge is 2.15. The van der Waals surface area contributed by atoms with Crippen molar-refractivity contribution in [2.45, 2.75) is 25.0 Å². The molecule has 0 radical (unpaired) electrons. The summed E-state index contributed by atoms with van der Waals surface area (Å²) in [5.74, 6) is 2.28. The topological polar surface area (TPSA) is 50.9 Å². The SMILES string of the molecule is Cc1cc(N)cnc1NCC1CCCS1. The predicted molar refractivity (Wildman–Crippen MR) is 67.4 cm³/mol. The van der Waals surface area contributed by atoms with Gasteiger partial charge in [-0.25, -0.2) is 4.98 Å². The molecule has 0 aliphatic carbocycles. The molecule has 1 aliphatic heterocycles. The van der Waals surface area contributed by atoms with Crippen molar-refractivity contribution < 1.29 is 0 Å². The molecule has 0 amide bonds. The van der Waals surface area contributed by atoms with E-state index >= 15 is 0 Å². The fraction of sp³-hybridized carbons (Fsp3) is 0.545. The maximum atomic E-state index is 5.65. The monoisotopic (exact) mass is 223 g/mol. The Balaban J connectivity index is 1.92. The second-order valence-corrected chi connectivity index (χ2v) is 5.36. The van der Waals surface area contributed by atoms with Crippen LogP contribution in [0.1, 0.15) is 18.4 Å². The second-order valence-electron chi connectivity index (χ2n) is 3.95. The smallest absolute Gasteiger partial charge is 0.129 e. The van der Waals surface area contributed by atoms with Crippen LogP contribution in [0, 0.1) is 6.92 Å². The number of hydrogen-bond donors (Lipinski definition) is 2. The first-order chi connectivity index (χ1) is 7.25. The summed E-state index contributed by atoms with van der Waals surface area (Å²) in [6.45, 7) is 3.05. The molecule has 0 aromatic carbocycles. The normalized spacial score (nSPS) is 20.5. The van der Waals surface area contributed by atoms with Crippen LogP contribution in [-0.2, 0) is 0 Å². The van der Waals surface area contributed by atoms with Crippen molar-refractivity contribution in [2.24, 2.45) is 0 Å². The Morgan fingerprint density at radius 3 is 3.20 bits per heavy atom. The molecule has 0 spiro atoms. The molecular weight excluding hydrogens is 206 g/mol. The van der Waals surface area contributed by atoms with E-state index < -0.39 is 0 Å². The van der Waals surface area contributed by atoms with E-state index in [1.54, 1.807) is 6.20 Å². The molecule has 1 aromatic rings. The first-order valence-electron chi connectivity index (χ1n) is 5.33. The minimum atomic E-state index is 0.730. The lowest BCUT2D eigenvalue weighted by molar-refractivity contribution is 0.803. The molecule has 0 bridgehead atoms. The number of nitrogens with one attached hydrogen (secondary N) is 1. The lowest BCUT2D eigenvalue weighted by Crippen LogP contribution is -2.15. The van der Waals surface area contributed by atoms with E-state index in [9.17, 15) is 0 Å². The number of pyridine rings is 1. The molecule has 1 saturated heterocycles. The summed E-state index contributed by atoms with van der Waals surface area (Å²) in [7, 11) is 0. The Morgan fingerprint density at radius 1 is 1.67 bits per heavy atom. The molecule has 1 unspecified atom stereocenters. The Labute approximate surface area is 94.8 Å². The van der Waals surface area contributed by atoms with Crippen molar-refractivity contribution >= 4 is 23.3 Å². The zero-order chi connectivity index (χ0) is 10.7. The van der Waals surface area contributed by atoms with Crippen LogP contribution < -0.4 is 11.1 Å². The molecule has 4 heteroatoms. The highest BCUT2D eigenvalue weighted by molar-refractivity contribution is 8.00. The first kappa shape index (κ1) is 10.6. The van der Waals surface area contributed by atoms with Crippen molar-refractivity contribution in [3.05, 3.63) is 17.8 Å². The Hall–Kier alpha value is -0.900. The first-order valence-corrected chi connectivity index (χ1v) is 6.38. The van der Waals surface area contributed by atoms with Gasteiger partial charge in [0.2, 0.25) is 0 Å². The van der Waals surface area contributed by atoms with Crippen LogP contribution in [0.5, 0.6) is 0 Å². The number of anilines is 2. The van der Waals surface area contributed by atoms with Gasteiger partial charge in [-0.05, 0) is 37.1 Å². The summed E-state index contributed by atoms with van der Waals surface area (Å²) < 4.78 is 0. The summed E-state index contributed by atoms with van der Waals surface area (Å²) in [6.07, 6.45) is 4.38. The molecule has 1 aromatic heterocycles. The third-order valence-electron chi connectivity index (χ3n) is 2.62. The maximum absolute atomic E-state index is 5.65. The summed E-state index contributed by atoms with van der Waals surface area (Å²) in [5, 5.41) is 4.15. The molecule has 1 aliphatic rings. The van der Waals surface area contributed by atoms with Crippen molar-refractivity contribution in [1.29, 1.82) is 0 Å². The van der Waals surface area contributed by atoms with Crippen molar-refractivity contribution in [3.8, 4) is 0 Å². The van der Waals surface area contributed by atoms with E-state index in [2.05, 4.69) is 22.1 Å². The van der Waals surface area contributed by atoms with Gasteiger partial charge in [-0.3, -0.25) is 0 Å². The third-order valence-corrected chi connectivity index (χ3v) is 4.02. The van der Waals surface area contributed by atoms with Crippen LogP contribution in [-0.4, -0.2) is 22.5 Å². The summed E-state index contributed by atoms with van der Waals surface area (Å²) in [6, 6.07) is 1.96. The number of nitrogen functional groups attached to an aromatic ring is 1. The van der Waals surface area contributed by atoms with Crippen LogP contribution in [0.25, 0.3) is 0 Å². The quantitative estimate of drug-likeness (QED) is 0.825. The van der Waals surface area contributed by atoms with Crippen LogP contribution in [0.2, 0.25) is 0 Å². The molecule has 2 heterocycles. The Kier molecular flexibility index (Phi) is 3.36. The van der Waals surface area contributed by atoms with E-state index in [0.717, 1.165) is 28.9 Å². The van der Waals surface area contributed by atoms with Gasteiger partial charge in [0.15, 0.2) is 0 Å². The van der Waals surface area contributed by atoms with E-state index in [1.165, 1.54) is 18.6 Å². The zero-order valence-corrected chi connectivity index (χ0v) is 9.81. The van der Waals surface area contributed by atoms with Crippen LogP contribution in [0.15, 0.2) is 12.3 Å². The van der Waals surface area contributed by atoms with Crippen molar-refractivity contribution in [2.75, 3.05) is 23.3 Å². The maximum Gasteiger partial charge on any atom is 0.129 e. The van der Waals surface area contributed by atoms with Gasteiger partial charge in [-0.2, -0.15) is 11.8 Å². The molecule has 1 fully saturated rings. The van der Waals surface area contributed by atoms with E-state index in [-0.39, 0.29) is 0 Å². The number of thioether (sulfide) groups is 1. The Bertz CT molecular complexity index is 335. The lowest BCUT2D eigenvalue weighted by Gasteiger charge is -2.12. The molecular formula is C11H17N3S. The number of aromatic nitrogens is 1. The molecule has 1 atom stereocenters. The molecule has 0 saturated carbocycles. The number of hydrogen-bond acceptors (Lipinski definition) is 4. The number of nitrogens with zero attached hydrogens (tertiary/aromatic N) is 1. The fourth-order valence-electron chi connectivity index (χ4n) is 1.80. The molecule has 82 valence electrons. The average Bonchev–Trinajstić information content (AvgIpc) is 2.69. The summed E-state index contributed by atoms with van der Waals surface area (Å²) in [5.41, 5.74) is 7.50. The standard InChI is InChI=1S/C11H17N3S/c1-8-5-9(12)6-13-11(8)14-7-10-3-2-4-15-10/h5-6,10H,2-4,7,12H2,1H3,(H,13,14). The van der Waals surface area contributed by atoms with E-state index in [1.807, 2.05) is 13.0 Å². The van der Waals surface area contributed by atoms with Gasteiger partial charge in [-0.15, -0.1) is 0 Å². The van der Waals surface area contributed by atoms with Crippen molar-refractivity contribution in [1.82, 2.24) is 4.98 Å². The lowest BCUT2D eigenvalue weighted by atomic mass is 10.2. The third kappa shape index (κ3) is 2.78. The number of aryl methyl sites for hydroxylation is 1. The van der Waals surface area contributed by atoms with Gasteiger partial charge >= 0.3 is 0 Å². The van der Waals surface area contributed by atoms with Gasteiger partial charge in [0.05, 0.1) is 11.9 Å². The molecule has 2 rings (SSSR count). The molecule has 15 heavy (non-hydrogen) atoms. The van der Waals surface area contributed by atoms with E-state index in [0.29, 0.717) is 0 Å². The molecule has 3 N–H and O–H groups in total. The minimum absolute atomic E-state index is 0.730. The van der Waals surface area contributed by atoms with Gasteiger partial charge in [0.25, 0.3) is 0 Å². The second kappa shape index (κ2) is 4.75. The van der Waals surface area contributed by atoms with E-state index in [4.69, 9.17) is 5.73 Å². The number of nitrogens with two attached hydrogens (primary N) is 1. The summed E-state index contributed by atoms with van der Waals surface area (Å²) in [4.78, 5) is 4.29. The highest BCUT2D eigenvalue weighted by Crippen LogP contribution is 2.26. The van der Waals surface area contributed by atoms with Crippen molar-refractivity contribution in [3.63, 3.8) is 0 Å². The minimum Gasteiger partial charge on any atom is -0.397 e. The van der Waals surface area contributed by atoms with Crippen LogP contribution >= 0.6 is 11.8 Å². The Morgan fingerprint density at radius 2 is 2.53 bits per heavy atom. The largest absolute Gasteiger partial charge is 0.397 e. The fourth-order valence-corrected chi connectivity index (χ4v) is 3.00. The average molecular weight is 223 g/mol.